The molecular weight excluding hydrogens is 454 g/mol. The lowest BCUT2D eigenvalue weighted by Gasteiger charge is -2.21. The lowest BCUT2D eigenvalue weighted by atomic mass is 10.2. The van der Waals surface area contributed by atoms with E-state index < -0.39 is 7.92 Å². The van der Waals surface area contributed by atoms with E-state index in [4.69, 9.17) is 4.74 Å². The van der Waals surface area contributed by atoms with Gasteiger partial charge in [0, 0.05) is 0 Å². The predicted molar refractivity (Wildman–Crippen MR) is 121 cm³/mol. The van der Waals surface area contributed by atoms with E-state index in [1.807, 2.05) is 67.6 Å². The van der Waals surface area contributed by atoms with Crippen molar-refractivity contribution >= 4 is 53.8 Å². The van der Waals surface area contributed by atoms with Gasteiger partial charge in [0.2, 0.25) is 0 Å². The third-order valence-corrected chi connectivity index (χ3v) is 6.33. The summed E-state index contributed by atoms with van der Waals surface area (Å²) in [5, 5.41) is 3.48. The fourth-order valence-corrected chi connectivity index (χ4v) is 5.13. The molecule has 0 aliphatic heterocycles. The summed E-state index contributed by atoms with van der Waals surface area (Å²) in [6, 6.07) is 28.6. The Hall–Kier alpha value is -1.71. The second kappa shape index (κ2) is 10.4. The highest BCUT2D eigenvalue weighted by molar-refractivity contribution is 14.0. The summed E-state index contributed by atoms with van der Waals surface area (Å²) in [5.74, 6) is -0.239. The van der Waals surface area contributed by atoms with Crippen LogP contribution in [0.25, 0.3) is 0 Å². The van der Waals surface area contributed by atoms with Gasteiger partial charge in [0.15, 0.2) is 0 Å². The number of ether oxygens (including phenoxy) is 1. The topological polar surface area (TPSA) is 26.3 Å². The van der Waals surface area contributed by atoms with Crippen molar-refractivity contribution < 1.29 is 9.53 Å². The van der Waals surface area contributed by atoms with E-state index in [0.29, 0.717) is 12.2 Å². The second-order valence-electron chi connectivity index (χ2n) is 5.66. The summed E-state index contributed by atoms with van der Waals surface area (Å²) in [5.41, 5.74) is 0.662. The molecule has 0 unspecified atom stereocenters. The number of rotatable bonds is 6. The van der Waals surface area contributed by atoms with Crippen LogP contribution < -0.4 is 15.9 Å². The van der Waals surface area contributed by atoms with Crippen molar-refractivity contribution in [2.45, 2.75) is 13.3 Å². The zero-order chi connectivity index (χ0) is 17.5. The molecule has 3 aromatic rings. The first-order chi connectivity index (χ1) is 12.3. The maximum atomic E-state index is 12.6. The number of carbonyl (C=O) groups excluding carboxylic acids is 1. The Balaban J connectivity index is 0.00000243. The Morgan fingerprint density at radius 3 is 1.85 bits per heavy atom. The molecule has 3 rings (SSSR count). The smallest absolute Gasteiger partial charge is 0.338 e. The first-order valence-electron chi connectivity index (χ1n) is 8.47. The molecule has 0 N–H and O–H groups in total. The molecule has 2 nitrogen and oxygen atoms in total. The minimum Gasteiger partial charge on any atom is -0.462 e. The molecule has 0 amide bonds. The molecule has 26 heavy (non-hydrogen) atoms. The third-order valence-electron chi connectivity index (χ3n) is 3.83. The number of esters is 1. The van der Waals surface area contributed by atoms with Gasteiger partial charge in [-0.05, 0) is 36.3 Å². The van der Waals surface area contributed by atoms with Gasteiger partial charge in [-0.1, -0.05) is 85.8 Å². The van der Waals surface area contributed by atoms with E-state index in [2.05, 4.69) is 24.3 Å². The van der Waals surface area contributed by atoms with Crippen LogP contribution in [0.5, 0.6) is 0 Å². The van der Waals surface area contributed by atoms with Crippen LogP contribution in [0, 0.1) is 0 Å². The van der Waals surface area contributed by atoms with Gasteiger partial charge < -0.3 is 4.74 Å². The first kappa shape index (κ1) is 20.6. The van der Waals surface area contributed by atoms with Crippen LogP contribution in [0.3, 0.4) is 0 Å². The minimum atomic E-state index is -0.815. The fraction of sp³-hybridized carbons (Fsp3) is 0.136. The summed E-state index contributed by atoms with van der Waals surface area (Å²) in [7, 11) is -0.815. The second-order valence-corrected chi connectivity index (χ2v) is 7.84. The molecule has 0 spiro atoms. The van der Waals surface area contributed by atoms with Crippen LogP contribution in [-0.4, -0.2) is 12.6 Å². The van der Waals surface area contributed by atoms with E-state index >= 15 is 0 Å². The van der Waals surface area contributed by atoms with Crippen molar-refractivity contribution in [3.63, 3.8) is 0 Å². The number of benzene rings is 3. The molecule has 0 aliphatic rings. The first-order valence-corrected chi connectivity index (χ1v) is 9.82. The Bertz CT molecular complexity index is 782. The molecule has 0 radical (unpaired) electrons. The maximum absolute atomic E-state index is 12.6. The molecule has 0 aliphatic carbocycles. The van der Waals surface area contributed by atoms with Crippen molar-refractivity contribution in [2.75, 3.05) is 6.61 Å². The van der Waals surface area contributed by atoms with Gasteiger partial charge in [-0.2, -0.15) is 0 Å². The normalized spacial score (nSPS) is 10.2. The molecular formula is C22H22IO2P. The highest BCUT2D eigenvalue weighted by Crippen LogP contribution is 2.34. The lowest BCUT2D eigenvalue weighted by molar-refractivity contribution is 0.0507. The third kappa shape index (κ3) is 4.93. The molecule has 0 atom stereocenters. The minimum absolute atomic E-state index is 0. The molecule has 0 heterocycles. The van der Waals surface area contributed by atoms with E-state index in [0.717, 1.165) is 11.7 Å². The number of hydrogen-bond donors (Lipinski definition) is 0. The largest absolute Gasteiger partial charge is 0.462 e. The van der Waals surface area contributed by atoms with Crippen LogP contribution in [0.2, 0.25) is 0 Å². The van der Waals surface area contributed by atoms with Gasteiger partial charge in [-0.3, -0.25) is 0 Å². The van der Waals surface area contributed by atoms with Crippen LogP contribution in [0.15, 0.2) is 84.9 Å². The van der Waals surface area contributed by atoms with Gasteiger partial charge >= 0.3 is 5.97 Å². The van der Waals surface area contributed by atoms with Crippen LogP contribution in [-0.2, 0) is 4.74 Å². The highest BCUT2D eigenvalue weighted by Gasteiger charge is 2.22. The number of halogens is 1. The van der Waals surface area contributed by atoms with E-state index in [-0.39, 0.29) is 29.9 Å². The monoisotopic (exact) mass is 476 g/mol. The summed E-state index contributed by atoms with van der Waals surface area (Å²) in [4.78, 5) is 12.6. The van der Waals surface area contributed by atoms with Gasteiger partial charge in [0.25, 0.3) is 0 Å². The van der Waals surface area contributed by atoms with Crippen molar-refractivity contribution in [1.29, 1.82) is 0 Å². The van der Waals surface area contributed by atoms with Crippen LogP contribution in [0.1, 0.15) is 23.7 Å². The Labute approximate surface area is 173 Å². The summed E-state index contributed by atoms with van der Waals surface area (Å²) in [6.45, 7) is 2.45. The SMILES string of the molecule is CCCOC(=O)c1ccccc1P(c1ccccc1)c1ccccc1.I. The zero-order valence-electron chi connectivity index (χ0n) is 14.7. The summed E-state index contributed by atoms with van der Waals surface area (Å²) in [6.07, 6.45) is 0.819. The quantitative estimate of drug-likeness (QED) is 0.295. The van der Waals surface area contributed by atoms with Gasteiger partial charge in [-0.25, -0.2) is 4.79 Å². The molecule has 0 bridgehead atoms. The maximum Gasteiger partial charge on any atom is 0.338 e. The Kier molecular flexibility index (Phi) is 8.27. The van der Waals surface area contributed by atoms with E-state index in [9.17, 15) is 4.79 Å². The standard InChI is InChI=1S/C22H21O2P.HI/c1-2-17-24-22(23)20-15-9-10-16-21(20)25(18-11-5-3-6-12-18)19-13-7-4-8-14-19;/h3-16H,2,17H2,1H3;1H. The van der Waals surface area contributed by atoms with Crippen molar-refractivity contribution in [3.05, 3.63) is 90.5 Å². The summed E-state index contributed by atoms with van der Waals surface area (Å²) >= 11 is 0. The highest BCUT2D eigenvalue weighted by atomic mass is 127. The molecule has 0 aromatic heterocycles. The fourth-order valence-electron chi connectivity index (χ4n) is 2.70. The van der Waals surface area contributed by atoms with Crippen LogP contribution >= 0.6 is 31.9 Å². The van der Waals surface area contributed by atoms with Crippen LogP contribution in [0.4, 0.5) is 0 Å². The van der Waals surface area contributed by atoms with Crippen molar-refractivity contribution in [1.82, 2.24) is 0 Å². The molecule has 0 fully saturated rings. The van der Waals surface area contributed by atoms with E-state index in [1.165, 1.54) is 10.6 Å². The lowest BCUT2D eigenvalue weighted by Crippen LogP contribution is -2.26. The zero-order valence-corrected chi connectivity index (χ0v) is 17.9. The number of carbonyl (C=O) groups is 1. The molecule has 4 heteroatoms. The van der Waals surface area contributed by atoms with Gasteiger partial charge in [0.1, 0.15) is 0 Å². The predicted octanol–water partition coefficient (Wildman–Crippen LogP) is 4.63. The molecule has 0 saturated heterocycles. The average Bonchev–Trinajstić information content (AvgIpc) is 2.68. The Morgan fingerprint density at radius 1 is 0.808 bits per heavy atom. The van der Waals surface area contributed by atoms with Crippen molar-refractivity contribution in [3.8, 4) is 0 Å². The van der Waals surface area contributed by atoms with Gasteiger partial charge in [-0.15, -0.1) is 24.0 Å². The number of hydrogen-bond acceptors (Lipinski definition) is 2. The molecule has 0 saturated carbocycles. The summed E-state index contributed by atoms with van der Waals surface area (Å²) < 4.78 is 5.41. The molecule has 3 aromatic carbocycles. The Morgan fingerprint density at radius 2 is 1.31 bits per heavy atom. The average molecular weight is 476 g/mol. The van der Waals surface area contributed by atoms with Crippen molar-refractivity contribution in [2.24, 2.45) is 0 Å². The molecule has 134 valence electrons. The van der Waals surface area contributed by atoms with Gasteiger partial charge in [0.05, 0.1) is 12.2 Å². The van der Waals surface area contributed by atoms with E-state index in [1.54, 1.807) is 0 Å².